The Morgan fingerprint density at radius 2 is 2.23 bits per heavy atom. The second-order valence-electron chi connectivity index (χ2n) is 5.72. The number of piperidine rings is 1. The zero-order valence-electron chi connectivity index (χ0n) is 12.9. The molecule has 22 heavy (non-hydrogen) atoms. The van der Waals surface area contributed by atoms with E-state index in [1.807, 2.05) is 10.8 Å². The zero-order chi connectivity index (χ0) is 15.6. The maximum atomic E-state index is 11.7. The van der Waals surface area contributed by atoms with Gasteiger partial charge in [0, 0.05) is 30.5 Å². The van der Waals surface area contributed by atoms with Crippen LogP contribution in [0.25, 0.3) is 0 Å². The second kappa shape index (κ2) is 9.58. The smallest absolute Gasteiger partial charge is 0.252 e. The van der Waals surface area contributed by atoms with Crippen LogP contribution in [-0.4, -0.2) is 38.0 Å². The molecule has 122 valence electrons. The number of nitrogens with one attached hydrogen (secondary N) is 3. The molecule has 1 fully saturated rings. The van der Waals surface area contributed by atoms with Crippen molar-refractivity contribution in [2.75, 3.05) is 26.2 Å². The third-order valence-corrected chi connectivity index (χ3v) is 4.61. The minimum absolute atomic E-state index is 0.0635. The van der Waals surface area contributed by atoms with Gasteiger partial charge in [-0.15, -0.1) is 0 Å². The molecule has 1 unspecified atom stereocenters. The van der Waals surface area contributed by atoms with Gasteiger partial charge in [0.05, 0.1) is 0 Å². The summed E-state index contributed by atoms with van der Waals surface area (Å²) in [5, 5.41) is 12.9. The highest BCUT2D eigenvalue weighted by Crippen LogP contribution is 2.12. The van der Waals surface area contributed by atoms with Gasteiger partial charge >= 0.3 is 0 Å². The van der Waals surface area contributed by atoms with Gasteiger partial charge in [-0.2, -0.15) is 11.3 Å². The van der Waals surface area contributed by atoms with Crippen LogP contribution in [0.2, 0.25) is 0 Å². The summed E-state index contributed by atoms with van der Waals surface area (Å²) in [4.78, 5) is 23.4. The minimum Gasteiger partial charge on any atom is -0.356 e. The maximum absolute atomic E-state index is 11.7. The summed E-state index contributed by atoms with van der Waals surface area (Å²) in [7, 11) is 0. The first-order valence-electron chi connectivity index (χ1n) is 8.03. The molecule has 0 bridgehead atoms. The van der Waals surface area contributed by atoms with Crippen LogP contribution in [0.3, 0.4) is 0 Å². The maximum Gasteiger partial charge on any atom is 0.252 e. The molecule has 0 radical (unpaired) electrons. The van der Waals surface area contributed by atoms with E-state index in [0.717, 1.165) is 26.1 Å². The van der Waals surface area contributed by atoms with Crippen LogP contribution < -0.4 is 16.0 Å². The summed E-state index contributed by atoms with van der Waals surface area (Å²) in [6.45, 7) is 3.49. The van der Waals surface area contributed by atoms with Crippen molar-refractivity contribution in [3.8, 4) is 0 Å². The Labute approximate surface area is 135 Å². The molecule has 3 N–H and O–H groups in total. The predicted molar refractivity (Wildman–Crippen MR) is 89.1 cm³/mol. The molecule has 1 aromatic rings. The number of amides is 2. The minimum atomic E-state index is -0.0635. The highest BCUT2D eigenvalue weighted by atomic mass is 32.1. The standard InChI is InChI=1S/C16H25N3O2S/c20-15(18-9-5-13-3-1-7-17-11-13)4-2-8-19-16(21)14-6-10-22-12-14/h6,10,12-13,17H,1-5,7-9,11H2,(H,18,20)(H,19,21). The highest BCUT2D eigenvalue weighted by Gasteiger charge is 2.12. The number of hydrogen-bond acceptors (Lipinski definition) is 4. The van der Waals surface area contributed by atoms with Gasteiger partial charge in [0.25, 0.3) is 5.91 Å². The topological polar surface area (TPSA) is 70.2 Å². The van der Waals surface area contributed by atoms with Crippen molar-refractivity contribution < 1.29 is 9.59 Å². The Morgan fingerprint density at radius 1 is 1.32 bits per heavy atom. The first-order chi connectivity index (χ1) is 10.8. The lowest BCUT2D eigenvalue weighted by atomic mass is 9.96. The third-order valence-electron chi connectivity index (χ3n) is 3.92. The molecule has 6 heteroatoms. The van der Waals surface area contributed by atoms with Gasteiger partial charge in [-0.3, -0.25) is 9.59 Å². The molecule has 0 aromatic carbocycles. The SMILES string of the molecule is O=C(CCCNC(=O)c1ccsc1)NCCC1CCCNC1. The van der Waals surface area contributed by atoms with Crippen molar-refractivity contribution in [1.82, 2.24) is 16.0 Å². The average molecular weight is 323 g/mol. The highest BCUT2D eigenvalue weighted by molar-refractivity contribution is 7.08. The van der Waals surface area contributed by atoms with Gasteiger partial charge < -0.3 is 16.0 Å². The van der Waals surface area contributed by atoms with Crippen LogP contribution >= 0.6 is 11.3 Å². The molecule has 1 aromatic heterocycles. The van der Waals surface area contributed by atoms with E-state index in [-0.39, 0.29) is 11.8 Å². The van der Waals surface area contributed by atoms with E-state index in [4.69, 9.17) is 0 Å². The Hall–Kier alpha value is -1.40. The van der Waals surface area contributed by atoms with Crippen LogP contribution in [0.4, 0.5) is 0 Å². The quantitative estimate of drug-likeness (QED) is 0.639. The van der Waals surface area contributed by atoms with Crippen molar-refractivity contribution in [3.05, 3.63) is 22.4 Å². The number of carbonyl (C=O) groups is 2. The molecular formula is C16H25N3O2S. The Morgan fingerprint density at radius 3 is 2.95 bits per heavy atom. The Bertz CT molecular complexity index is 456. The molecule has 0 aliphatic carbocycles. The normalized spacial score (nSPS) is 17.9. The van der Waals surface area contributed by atoms with Crippen LogP contribution in [0, 0.1) is 5.92 Å². The first kappa shape index (κ1) is 17.0. The molecule has 1 aliphatic heterocycles. The van der Waals surface area contributed by atoms with Crippen molar-refractivity contribution >= 4 is 23.2 Å². The lowest BCUT2D eigenvalue weighted by molar-refractivity contribution is -0.121. The van der Waals surface area contributed by atoms with E-state index >= 15 is 0 Å². The fourth-order valence-corrected chi connectivity index (χ4v) is 3.26. The molecular weight excluding hydrogens is 298 g/mol. The predicted octanol–water partition coefficient (Wildman–Crippen LogP) is 1.76. The summed E-state index contributed by atoms with van der Waals surface area (Å²) in [6.07, 6.45) is 4.69. The monoisotopic (exact) mass is 323 g/mol. The summed E-state index contributed by atoms with van der Waals surface area (Å²) in [5.74, 6) is 0.707. The largest absolute Gasteiger partial charge is 0.356 e. The van der Waals surface area contributed by atoms with Crippen molar-refractivity contribution in [3.63, 3.8) is 0 Å². The summed E-state index contributed by atoms with van der Waals surface area (Å²) in [6, 6.07) is 1.80. The molecule has 5 nitrogen and oxygen atoms in total. The molecule has 2 heterocycles. The second-order valence-corrected chi connectivity index (χ2v) is 6.50. The number of carbonyl (C=O) groups excluding carboxylic acids is 2. The zero-order valence-corrected chi connectivity index (χ0v) is 13.7. The Kier molecular flexibility index (Phi) is 7.39. The van der Waals surface area contributed by atoms with E-state index < -0.39 is 0 Å². The fraction of sp³-hybridized carbons (Fsp3) is 0.625. The lowest BCUT2D eigenvalue weighted by Crippen LogP contribution is -2.33. The summed E-state index contributed by atoms with van der Waals surface area (Å²) < 4.78 is 0. The molecule has 1 saturated heterocycles. The number of hydrogen-bond donors (Lipinski definition) is 3. The van der Waals surface area contributed by atoms with Crippen molar-refractivity contribution in [1.29, 1.82) is 0 Å². The van der Waals surface area contributed by atoms with Crippen molar-refractivity contribution in [2.24, 2.45) is 5.92 Å². The van der Waals surface area contributed by atoms with Crippen molar-refractivity contribution in [2.45, 2.75) is 32.1 Å². The fourth-order valence-electron chi connectivity index (χ4n) is 2.62. The van der Waals surface area contributed by atoms with Gasteiger partial charge in [0.1, 0.15) is 0 Å². The molecule has 2 rings (SSSR count). The van der Waals surface area contributed by atoms with E-state index in [2.05, 4.69) is 16.0 Å². The third kappa shape index (κ3) is 6.15. The molecule has 1 atom stereocenters. The summed E-state index contributed by atoms with van der Waals surface area (Å²) in [5.41, 5.74) is 0.690. The van der Waals surface area contributed by atoms with E-state index in [1.165, 1.54) is 24.2 Å². The van der Waals surface area contributed by atoms with Crippen LogP contribution in [0.1, 0.15) is 42.5 Å². The average Bonchev–Trinajstić information content (AvgIpc) is 3.07. The van der Waals surface area contributed by atoms with Gasteiger partial charge in [0.2, 0.25) is 5.91 Å². The molecule has 0 spiro atoms. The molecule has 1 aliphatic rings. The van der Waals surface area contributed by atoms with E-state index in [1.54, 1.807) is 6.07 Å². The van der Waals surface area contributed by atoms with Gasteiger partial charge in [0.15, 0.2) is 0 Å². The lowest BCUT2D eigenvalue weighted by Gasteiger charge is -2.22. The van der Waals surface area contributed by atoms with E-state index in [0.29, 0.717) is 30.9 Å². The number of rotatable bonds is 8. The Balaban J connectivity index is 1.48. The molecule has 0 saturated carbocycles. The van der Waals surface area contributed by atoms with Gasteiger partial charge in [-0.05, 0) is 56.1 Å². The molecule has 2 amide bonds. The summed E-state index contributed by atoms with van der Waals surface area (Å²) >= 11 is 1.50. The van der Waals surface area contributed by atoms with E-state index in [9.17, 15) is 9.59 Å². The van der Waals surface area contributed by atoms with Gasteiger partial charge in [-0.25, -0.2) is 0 Å². The van der Waals surface area contributed by atoms with Crippen LogP contribution in [0.15, 0.2) is 16.8 Å². The van der Waals surface area contributed by atoms with Crippen LogP contribution in [0.5, 0.6) is 0 Å². The van der Waals surface area contributed by atoms with Gasteiger partial charge in [-0.1, -0.05) is 0 Å². The van der Waals surface area contributed by atoms with Crippen LogP contribution in [-0.2, 0) is 4.79 Å². The first-order valence-corrected chi connectivity index (χ1v) is 8.98. The number of thiophene rings is 1.